The standard InChI is InChI=1S/C18H27BN2O4/c1-13-12-14(19-24-17(2,3)18(4,5)25-19)6-7-15(13)20-8-10-21(11-9-20)16(22)23/h6-7,12H,8-11H2,1-5H3,(H,22,23). The number of hydrogen-bond acceptors (Lipinski definition) is 4. The van der Waals surface area contributed by atoms with Crippen molar-refractivity contribution in [3.8, 4) is 0 Å². The van der Waals surface area contributed by atoms with E-state index in [-0.39, 0.29) is 18.3 Å². The van der Waals surface area contributed by atoms with Crippen LogP contribution in [0.3, 0.4) is 0 Å². The third-order valence-electron chi connectivity index (χ3n) is 5.64. The van der Waals surface area contributed by atoms with E-state index < -0.39 is 6.09 Å². The van der Waals surface area contributed by atoms with Gasteiger partial charge in [-0.2, -0.15) is 0 Å². The van der Waals surface area contributed by atoms with Crippen LogP contribution in [0.1, 0.15) is 33.3 Å². The van der Waals surface area contributed by atoms with Crippen LogP contribution in [-0.4, -0.2) is 60.6 Å². The lowest BCUT2D eigenvalue weighted by atomic mass is 9.78. The van der Waals surface area contributed by atoms with Crippen molar-refractivity contribution >= 4 is 24.4 Å². The van der Waals surface area contributed by atoms with E-state index in [0.29, 0.717) is 26.2 Å². The third-order valence-corrected chi connectivity index (χ3v) is 5.64. The highest BCUT2D eigenvalue weighted by Gasteiger charge is 2.51. The van der Waals surface area contributed by atoms with E-state index in [9.17, 15) is 4.79 Å². The Labute approximate surface area is 149 Å². The fourth-order valence-electron chi connectivity index (χ4n) is 3.30. The first-order valence-electron chi connectivity index (χ1n) is 8.80. The van der Waals surface area contributed by atoms with Crippen LogP contribution >= 0.6 is 0 Å². The van der Waals surface area contributed by atoms with Crippen LogP contribution in [0.5, 0.6) is 0 Å². The number of piperazine rings is 1. The summed E-state index contributed by atoms with van der Waals surface area (Å²) in [5.41, 5.74) is 2.61. The molecule has 2 fully saturated rings. The number of amides is 1. The van der Waals surface area contributed by atoms with Gasteiger partial charge in [-0.05, 0) is 51.7 Å². The summed E-state index contributed by atoms with van der Waals surface area (Å²) in [7, 11) is -0.360. The van der Waals surface area contributed by atoms with Gasteiger partial charge in [0.05, 0.1) is 11.2 Å². The number of nitrogens with zero attached hydrogens (tertiary/aromatic N) is 2. The third kappa shape index (κ3) is 3.35. The van der Waals surface area contributed by atoms with Gasteiger partial charge in [0.1, 0.15) is 0 Å². The predicted molar refractivity (Wildman–Crippen MR) is 98.7 cm³/mol. The Morgan fingerprint density at radius 2 is 1.64 bits per heavy atom. The molecular formula is C18H27BN2O4. The molecule has 1 aromatic carbocycles. The van der Waals surface area contributed by atoms with Crippen molar-refractivity contribution in [3.05, 3.63) is 23.8 Å². The zero-order valence-electron chi connectivity index (χ0n) is 15.7. The van der Waals surface area contributed by atoms with Crippen molar-refractivity contribution < 1.29 is 19.2 Å². The lowest BCUT2D eigenvalue weighted by molar-refractivity contribution is 0.00578. The molecular weight excluding hydrogens is 319 g/mol. The minimum absolute atomic E-state index is 0.350. The average Bonchev–Trinajstić information content (AvgIpc) is 2.75. The molecule has 0 unspecified atom stereocenters. The van der Waals surface area contributed by atoms with Gasteiger partial charge >= 0.3 is 13.2 Å². The van der Waals surface area contributed by atoms with Crippen molar-refractivity contribution in [2.75, 3.05) is 31.1 Å². The van der Waals surface area contributed by atoms with Crippen molar-refractivity contribution in [1.29, 1.82) is 0 Å². The van der Waals surface area contributed by atoms with Crippen LogP contribution in [0.4, 0.5) is 10.5 Å². The first kappa shape index (κ1) is 18.1. The van der Waals surface area contributed by atoms with Crippen LogP contribution in [0.2, 0.25) is 0 Å². The summed E-state index contributed by atoms with van der Waals surface area (Å²) in [4.78, 5) is 14.7. The Kier molecular flexibility index (Phi) is 4.49. The van der Waals surface area contributed by atoms with Gasteiger partial charge in [0.25, 0.3) is 0 Å². The van der Waals surface area contributed by atoms with Gasteiger partial charge in [-0.3, -0.25) is 0 Å². The predicted octanol–water partition coefficient (Wildman–Crippen LogP) is 2.09. The smallest absolute Gasteiger partial charge is 0.465 e. The molecule has 0 bridgehead atoms. The summed E-state index contributed by atoms with van der Waals surface area (Å²) in [6.07, 6.45) is -0.840. The average molecular weight is 346 g/mol. The molecule has 2 heterocycles. The fraction of sp³-hybridized carbons (Fsp3) is 0.611. The topological polar surface area (TPSA) is 62.2 Å². The van der Waals surface area contributed by atoms with E-state index >= 15 is 0 Å². The van der Waals surface area contributed by atoms with E-state index in [2.05, 4.69) is 51.7 Å². The number of carbonyl (C=O) groups is 1. The van der Waals surface area contributed by atoms with Crippen LogP contribution in [0, 0.1) is 6.92 Å². The summed E-state index contributed by atoms with van der Waals surface area (Å²) in [5, 5.41) is 9.07. The molecule has 1 N–H and O–H groups in total. The lowest BCUT2D eigenvalue weighted by Crippen LogP contribution is -2.48. The highest BCUT2D eigenvalue weighted by atomic mass is 16.7. The summed E-state index contributed by atoms with van der Waals surface area (Å²) >= 11 is 0. The first-order chi connectivity index (χ1) is 11.6. The van der Waals surface area contributed by atoms with Gasteiger partial charge in [-0.1, -0.05) is 12.1 Å². The molecule has 0 spiro atoms. The molecule has 0 radical (unpaired) electrons. The maximum Gasteiger partial charge on any atom is 0.494 e. The number of benzene rings is 1. The van der Waals surface area contributed by atoms with Crippen molar-refractivity contribution in [1.82, 2.24) is 4.90 Å². The molecule has 136 valence electrons. The van der Waals surface area contributed by atoms with Gasteiger partial charge in [0, 0.05) is 31.9 Å². The zero-order chi connectivity index (χ0) is 18.4. The van der Waals surface area contributed by atoms with E-state index in [1.54, 1.807) is 0 Å². The van der Waals surface area contributed by atoms with E-state index in [4.69, 9.17) is 14.4 Å². The minimum Gasteiger partial charge on any atom is -0.465 e. The second kappa shape index (κ2) is 6.22. The number of carboxylic acid groups (broad SMARTS) is 1. The maximum atomic E-state index is 11.0. The van der Waals surface area contributed by atoms with Gasteiger partial charge < -0.3 is 24.2 Å². The largest absolute Gasteiger partial charge is 0.494 e. The zero-order valence-corrected chi connectivity index (χ0v) is 15.7. The van der Waals surface area contributed by atoms with Crippen molar-refractivity contribution in [2.24, 2.45) is 0 Å². The van der Waals surface area contributed by atoms with Crippen LogP contribution in [-0.2, 0) is 9.31 Å². The summed E-state index contributed by atoms with van der Waals surface area (Å²) in [6.45, 7) is 12.8. The molecule has 6 nitrogen and oxygen atoms in total. The van der Waals surface area contributed by atoms with Gasteiger partial charge in [0.15, 0.2) is 0 Å². The van der Waals surface area contributed by atoms with E-state index in [1.165, 1.54) is 4.90 Å². The summed E-state index contributed by atoms with van der Waals surface area (Å²) < 4.78 is 12.2. The summed E-state index contributed by atoms with van der Waals surface area (Å²) in [5.74, 6) is 0. The fourth-order valence-corrected chi connectivity index (χ4v) is 3.30. The highest BCUT2D eigenvalue weighted by Crippen LogP contribution is 2.36. The molecule has 3 rings (SSSR count). The molecule has 0 saturated carbocycles. The molecule has 7 heteroatoms. The van der Waals surface area contributed by atoms with Crippen molar-refractivity contribution in [3.63, 3.8) is 0 Å². The van der Waals surface area contributed by atoms with Crippen molar-refractivity contribution in [2.45, 2.75) is 45.8 Å². The van der Waals surface area contributed by atoms with E-state index in [1.807, 2.05) is 6.07 Å². The van der Waals surface area contributed by atoms with Gasteiger partial charge in [-0.15, -0.1) is 0 Å². The summed E-state index contributed by atoms with van der Waals surface area (Å²) in [6, 6.07) is 6.25. The second-order valence-electron chi connectivity index (χ2n) is 7.89. The number of rotatable bonds is 2. The molecule has 1 amide bonds. The molecule has 2 aliphatic heterocycles. The Hall–Kier alpha value is -1.73. The Morgan fingerprint density at radius 1 is 1.08 bits per heavy atom. The van der Waals surface area contributed by atoms with Crippen LogP contribution < -0.4 is 10.4 Å². The number of aryl methyl sites for hydroxylation is 1. The second-order valence-corrected chi connectivity index (χ2v) is 7.89. The molecule has 25 heavy (non-hydrogen) atoms. The normalized spacial score (nSPS) is 22.4. The lowest BCUT2D eigenvalue weighted by Gasteiger charge is -2.35. The Balaban J connectivity index is 1.73. The van der Waals surface area contributed by atoms with Crippen LogP contribution in [0.15, 0.2) is 18.2 Å². The molecule has 0 aromatic heterocycles. The minimum atomic E-state index is -0.840. The van der Waals surface area contributed by atoms with Gasteiger partial charge in [-0.25, -0.2) is 4.79 Å². The van der Waals surface area contributed by atoms with E-state index in [0.717, 1.165) is 16.7 Å². The monoisotopic (exact) mass is 346 g/mol. The maximum absolute atomic E-state index is 11.0. The quantitative estimate of drug-likeness (QED) is 0.831. The first-order valence-corrected chi connectivity index (χ1v) is 8.80. The van der Waals surface area contributed by atoms with Crippen LogP contribution in [0.25, 0.3) is 0 Å². The van der Waals surface area contributed by atoms with Gasteiger partial charge in [0.2, 0.25) is 0 Å². The Bertz CT molecular complexity index is 653. The molecule has 1 aromatic rings. The molecule has 2 saturated heterocycles. The molecule has 0 aliphatic carbocycles. The molecule has 2 aliphatic rings. The molecule has 0 atom stereocenters. The number of hydrogen-bond donors (Lipinski definition) is 1. The highest BCUT2D eigenvalue weighted by molar-refractivity contribution is 6.62. The Morgan fingerprint density at radius 3 is 2.12 bits per heavy atom. The number of anilines is 1. The SMILES string of the molecule is Cc1cc(B2OC(C)(C)C(C)(C)O2)ccc1N1CCN(C(=O)O)CC1.